The highest BCUT2D eigenvalue weighted by Crippen LogP contribution is 2.28. The molecule has 0 unspecified atom stereocenters. The summed E-state index contributed by atoms with van der Waals surface area (Å²) >= 11 is 6.06. The minimum atomic E-state index is -3.53. The number of ether oxygens (including phenoxy) is 1. The molecule has 158 valence electrons. The number of hydrogen-bond acceptors (Lipinski definition) is 6. The lowest BCUT2D eigenvalue weighted by Crippen LogP contribution is -2.39. The molecule has 0 bridgehead atoms. The van der Waals surface area contributed by atoms with Gasteiger partial charge in [-0.3, -0.25) is 4.98 Å². The first-order valence-electron chi connectivity index (χ1n) is 9.68. The van der Waals surface area contributed by atoms with Crippen molar-refractivity contribution < 1.29 is 17.6 Å². The molecule has 0 atom stereocenters. The Morgan fingerprint density at radius 3 is 2.57 bits per heavy atom. The van der Waals surface area contributed by atoms with Crippen LogP contribution in [0, 0.1) is 12.8 Å². The van der Waals surface area contributed by atoms with E-state index in [0.717, 1.165) is 18.4 Å². The second-order valence-corrected chi connectivity index (χ2v) is 9.59. The zero-order chi connectivity index (χ0) is 21.1. The maximum Gasteiger partial charge on any atom is 0.243 e. The van der Waals surface area contributed by atoms with Gasteiger partial charge in [0.1, 0.15) is 22.7 Å². The molecule has 2 aromatic heterocycles. The van der Waals surface area contributed by atoms with Crippen molar-refractivity contribution in [2.45, 2.75) is 24.7 Å². The van der Waals surface area contributed by atoms with E-state index in [1.807, 2.05) is 0 Å². The van der Waals surface area contributed by atoms with Gasteiger partial charge in [0, 0.05) is 44.0 Å². The van der Waals surface area contributed by atoms with Gasteiger partial charge in [0.25, 0.3) is 0 Å². The molecule has 9 heteroatoms. The first kappa shape index (κ1) is 20.8. The molecule has 3 heterocycles. The maximum absolute atomic E-state index is 13.0. The molecule has 0 amide bonds. The molecule has 0 radical (unpaired) electrons. The monoisotopic (exact) mass is 447 g/mol. The molecule has 30 heavy (non-hydrogen) atoms. The van der Waals surface area contributed by atoms with Crippen molar-refractivity contribution in [2.75, 3.05) is 19.7 Å². The Morgan fingerprint density at radius 2 is 1.93 bits per heavy atom. The molecular formula is C21H22ClN3O4S. The fourth-order valence-electron chi connectivity index (χ4n) is 3.45. The van der Waals surface area contributed by atoms with Crippen molar-refractivity contribution >= 4 is 21.6 Å². The highest BCUT2D eigenvalue weighted by atomic mass is 35.5. The fraction of sp³-hybridized carbons (Fsp3) is 0.333. The van der Waals surface area contributed by atoms with Crippen LogP contribution in [0.5, 0.6) is 5.75 Å². The number of rotatable bonds is 6. The van der Waals surface area contributed by atoms with E-state index in [4.69, 9.17) is 20.8 Å². The molecule has 4 rings (SSSR count). The average molecular weight is 448 g/mol. The highest BCUT2D eigenvalue weighted by molar-refractivity contribution is 7.89. The van der Waals surface area contributed by atoms with Gasteiger partial charge in [-0.2, -0.15) is 4.31 Å². The standard InChI is InChI=1S/C21H22ClN3O4S/c1-15-24-20(14-28-15)17-2-4-18(5-3-17)30(26,27)25-10-7-16(8-11-25)13-29-21-6-9-23-12-19(21)22/h2-6,9,12,14,16H,7-8,10-11,13H2,1H3. The van der Waals surface area contributed by atoms with E-state index in [1.54, 1.807) is 55.9 Å². The lowest BCUT2D eigenvalue weighted by molar-refractivity contribution is 0.185. The van der Waals surface area contributed by atoms with Gasteiger partial charge in [0.05, 0.1) is 11.5 Å². The van der Waals surface area contributed by atoms with E-state index in [1.165, 1.54) is 4.31 Å². The predicted molar refractivity (Wildman–Crippen MR) is 113 cm³/mol. The van der Waals surface area contributed by atoms with Crippen LogP contribution < -0.4 is 4.74 Å². The molecule has 1 aromatic carbocycles. The smallest absolute Gasteiger partial charge is 0.243 e. The number of aryl methyl sites for hydroxylation is 1. The summed E-state index contributed by atoms with van der Waals surface area (Å²) in [5.74, 6) is 1.45. The number of oxazole rings is 1. The number of halogens is 1. The topological polar surface area (TPSA) is 85.5 Å². The largest absolute Gasteiger partial charge is 0.492 e. The van der Waals surface area contributed by atoms with E-state index in [2.05, 4.69) is 9.97 Å². The van der Waals surface area contributed by atoms with Crippen molar-refractivity contribution in [3.05, 3.63) is 59.9 Å². The van der Waals surface area contributed by atoms with Gasteiger partial charge in [-0.25, -0.2) is 13.4 Å². The summed E-state index contributed by atoms with van der Waals surface area (Å²) < 4.78 is 38.6. The van der Waals surface area contributed by atoms with Crippen LogP contribution in [0.1, 0.15) is 18.7 Å². The quantitative estimate of drug-likeness (QED) is 0.563. The van der Waals surface area contributed by atoms with Crippen LogP contribution in [0.2, 0.25) is 5.02 Å². The molecule has 1 saturated heterocycles. The Morgan fingerprint density at radius 1 is 1.20 bits per heavy atom. The first-order valence-corrected chi connectivity index (χ1v) is 11.5. The molecule has 7 nitrogen and oxygen atoms in total. The van der Waals surface area contributed by atoms with Gasteiger partial charge in [0.2, 0.25) is 10.0 Å². The number of benzene rings is 1. The van der Waals surface area contributed by atoms with Crippen molar-refractivity contribution in [2.24, 2.45) is 5.92 Å². The molecule has 1 fully saturated rings. The van der Waals surface area contributed by atoms with Crippen molar-refractivity contribution in [1.82, 2.24) is 14.3 Å². The number of sulfonamides is 1. The molecule has 0 saturated carbocycles. The van der Waals surface area contributed by atoms with E-state index >= 15 is 0 Å². The lowest BCUT2D eigenvalue weighted by Gasteiger charge is -2.31. The molecule has 0 spiro atoms. The van der Waals surface area contributed by atoms with Crippen LogP contribution in [0.4, 0.5) is 0 Å². The minimum absolute atomic E-state index is 0.276. The van der Waals surface area contributed by atoms with Crippen LogP contribution >= 0.6 is 11.6 Å². The second kappa shape index (κ2) is 8.75. The van der Waals surface area contributed by atoms with Gasteiger partial charge in [-0.1, -0.05) is 23.7 Å². The summed E-state index contributed by atoms with van der Waals surface area (Å²) in [5.41, 5.74) is 1.50. The van der Waals surface area contributed by atoms with E-state index in [9.17, 15) is 8.42 Å². The Kier molecular flexibility index (Phi) is 6.08. The van der Waals surface area contributed by atoms with Gasteiger partial charge in [0.15, 0.2) is 5.89 Å². The summed E-state index contributed by atoms with van der Waals surface area (Å²) in [7, 11) is -3.53. The third-order valence-electron chi connectivity index (χ3n) is 5.19. The Balaban J connectivity index is 1.36. The van der Waals surface area contributed by atoms with Crippen molar-refractivity contribution in [3.8, 4) is 17.0 Å². The van der Waals surface area contributed by atoms with Crippen LogP contribution in [0.15, 0.2) is 58.3 Å². The molecular weight excluding hydrogens is 426 g/mol. The van der Waals surface area contributed by atoms with Crippen LogP contribution in [-0.2, 0) is 10.0 Å². The molecule has 3 aromatic rings. The summed E-state index contributed by atoms with van der Waals surface area (Å²) in [4.78, 5) is 8.48. The van der Waals surface area contributed by atoms with Gasteiger partial charge in [-0.05, 0) is 30.9 Å². The summed E-state index contributed by atoms with van der Waals surface area (Å²) in [5, 5.41) is 0.474. The number of piperidine rings is 1. The summed E-state index contributed by atoms with van der Waals surface area (Å²) in [6.07, 6.45) is 6.20. The zero-order valence-corrected chi connectivity index (χ0v) is 18.1. The highest BCUT2D eigenvalue weighted by Gasteiger charge is 2.29. The number of pyridine rings is 1. The van der Waals surface area contributed by atoms with Crippen molar-refractivity contribution in [3.63, 3.8) is 0 Å². The van der Waals surface area contributed by atoms with E-state index < -0.39 is 10.0 Å². The van der Waals surface area contributed by atoms with Crippen LogP contribution in [0.25, 0.3) is 11.3 Å². The normalized spacial score (nSPS) is 15.9. The first-order chi connectivity index (χ1) is 14.4. The van der Waals surface area contributed by atoms with E-state index in [-0.39, 0.29) is 10.8 Å². The second-order valence-electron chi connectivity index (χ2n) is 7.24. The third-order valence-corrected chi connectivity index (χ3v) is 7.39. The minimum Gasteiger partial charge on any atom is -0.492 e. The summed E-state index contributed by atoms with van der Waals surface area (Å²) in [6.45, 7) is 3.20. The Bertz CT molecular complexity index is 1110. The molecule has 1 aliphatic heterocycles. The zero-order valence-electron chi connectivity index (χ0n) is 16.5. The SMILES string of the molecule is Cc1nc(-c2ccc(S(=O)(=O)N3CCC(COc4ccncc4Cl)CC3)cc2)co1. The molecule has 0 aliphatic carbocycles. The third kappa shape index (κ3) is 4.50. The Labute approximate surface area is 180 Å². The lowest BCUT2D eigenvalue weighted by atomic mass is 9.99. The van der Waals surface area contributed by atoms with Crippen LogP contribution in [-0.4, -0.2) is 42.4 Å². The maximum atomic E-state index is 13.0. The van der Waals surface area contributed by atoms with Gasteiger partial charge >= 0.3 is 0 Å². The molecule has 0 N–H and O–H groups in total. The van der Waals surface area contributed by atoms with Crippen LogP contribution in [0.3, 0.4) is 0 Å². The van der Waals surface area contributed by atoms with Gasteiger partial charge in [-0.15, -0.1) is 0 Å². The fourth-order valence-corrected chi connectivity index (χ4v) is 5.09. The Hall–Kier alpha value is -2.42. The predicted octanol–water partition coefficient (Wildman–Crippen LogP) is 4.18. The summed E-state index contributed by atoms with van der Waals surface area (Å²) in [6, 6.07) is 8.48. The average Bonchev–Trinajstić information content (AvgIpc) is 3.20. The van der Waals surface area contributed by atoms with Crippen molar-refractivity contribution in [1.29, 1.82) is 0 Å². The number of nitrogens with zero attached hydrogens (tertiary/aromatic N) is 3. The molecule has 1 aliphatic rings. The van der Waals surface area contributed by atoms with E-state index in [0.29, 0.717) is 42.1 Å². The number of aromatic nitrogens is 2. The number of hydrogen-bond donors (Lipinski definition) is 0. The van der Waals surface area contributed by atoms with Gasteiger partial charge < -0.3 is 9.15 Å².